The van der Waals surface area contributed by atoms with Crippen LogP contribution < -0.4 is 15.2 Å². The molecule has 1 aromatic carbocycles. The Hall–Kier alpha value is -3.54. The van der Waals surface area contributed by atoms with Gasteiger partial charge in [0.25, 0.3) is 0 Å². The number of methoxy groups -OCH3 is 1. The van der Waals surface area contributed by atoms with Gasteiger partial charge in [-0.3, -0.25) is 4.79 Å². The molecule has 0 amide bonds. The molecular weight excluding hydrogens is 562 g/mol. The molecule has 0 heterocycles. The third kappa shape index (κ3) is 14.0. The van der Waals surface area contributed by atoms with E-state index in [0.29, 0.717) is 12.0 Å². The molecule has 0 radical (unpaired) electrons. The van der Waals surface area contributed by atoms with E-state index in [1.165, 1.54) is 19.2 Å². The van der Waals surface area contributed by atoms with Gasteiger partial charge < -0.3 is 38.9 Å². The van der Waals surface area contributed by atoms with Crippen LogP contribution >= 0.6 is 0 Å². The van der Waals surface area contributed by atoms with Crippen molar-refractivity contribution in [2.75, 3.05) is 20.3 Å². The fourth-order valence-electron chi connectivity index (χ4n) is 3.89. The normalized spacial score (nSPS) is 15.1. The summed E-state index contributed by atoms with van der Waals surface area (Å²) in [4.78, 5) is 49.8. The molecule has 0 bridgehead atoms. The minimum Gasteiger partial charge on any atom is -0.468 e. The third-order valence-electron chi connectivity index (χ3n) is 6.81. The van der Waals surface area contributed by atoms with Crippen LogP contribution in [0.15, 0.2) is 18.2 Å². The SMILES string of the molecule is CCC[C@H](C)OC(=O)O[C@@H](C)CC(N)(Cc1ccc(OC(=O)OCC(C)CC)c(OC(=O)OCC(C)CC)c1)C(=O)OC. The van der Waals surface area contributed by atoms with Gasteiger partial charge in [-0.2, -0.15) is 0 Å². The van der Waals surface area contributed by atoms with Crippen LogP contribution in [-0.4, -0.2) is 62.5 Å². The fraction of sp³-hybridized carbons (Fsp3) is 0.677. The van der Waals surface area contributed by atoms with E-state index in [1.807, 2.05) is 34.6 Å². The van der Waals surface area contributed by atoms with E-state index in [9.17, 15) is 19.2 Å². The molecule has 0 aliphatic rings. The van der Waals surface area contributed by atoms with E-state index in [4.69, 9.17) is 38.9 Å². The van der Waals surface area contributed by atoms with Gasteiger partial charge in [0.2, 0.25) is 0 Å². The molecule has 1 aromatic rings. The lowest BCUT2D eigenvalue weighted by molar-refractivity contribution is -0.148. The van der Waals surface area contributed by atoms with Crippen LogP contribution in [0, 0.1) is 11.8 Å². The van der Waals surface area contributed by atoms with Gasteiger partial charge in [-0.15, -0.1) is 0 Å². The number of benzene rings is 1. The fourth-order valence-corrected chi connectivity index (χ4v) is 3.89. The summed E-state index contributed by atoms with van der Waals surface area (Å²) in [6.45, 7) is 13.4. The molecule has 0 aliphatic heterocycles. The van der Waals surface area contributed by atoms with E-state index in [2.05, 4.69) is 0 Å². The second kappa shape index (κ2) is 18.9. The van der Waals surface area contributed by atoms with Crippen LogP contribution in [0.2, 0.25) is 0 Å². The second-order valence-corrected chi connectivity index (χ2v) is 11.1. The molecule has 2 N–H and O–H groups in total. The van der Waals surface area contributed by atoms with Crippen molar-refractivity contribution in [3.8, 4) is 11.5 Å². The largest absolute Gasteiger partial charge is 0.513 e. The van der Waals surface area contributed by atoms with Crippen molar-refractivity contribution >= 4 is 24.4 Å². The van der Waals surface area contributed by atoms with Crippen LogP contribution in [0.4, 0.5) is 14.4 Å². The van der Waals surface area contributed by atoms with Crippen LogP contribution in [0.25, 0.3) is 0 Å². The Morgan fingerprint density at radius 3 is 1.84 bits per heavy atom. The maximum absolute atomic E-state index is 12.8. The van der Waals surface area contributed by atoms with Crippen molar-refractivity contribution in [1.29, 1.82) is 0 Å². The predicted molar refractivity (Wildman–Crippen MR) is 158 cm³/mol. The molecular formula is C31H49NO11. The lowest BCUT2D eigenvalue weighted by Gasteiger charge is -2.29. The van der Waals surface area contributed by atoms with Gasteiger partial charge in [0.15, 0.2) is 11.5 Å². The van der Waals surface area contributed by atoms with Gasteiger partial charge in [0.05, 0.1) is 20.3 Å². The minimum absolute atomic E-state index is 0.0975. The average Bonchev–Trinajstić information content (AvgIpc) is 2.95. The van der Waals surface area contributed by atoms with Crippen molar-refractivity contribution in [3.05, 3.63) is 23.8 Å². The molecule has 1 rings (SSSR count). The van der Waals surface area contributed by atoms with Gasteiger partial charge >= 0.3 is 24.4 Å². The van der Waals surface area contributed by atoms with E-state index >= 15 is 0 Å². The Kier molecular flexibility index (Phi) is 16.5. The monoisotopic (exact) mass is 611 g/mol. The van der Waals surface area contributed by atoms with Gasteiger partial charge in [-0.25, -0.2) is 14.4 Å². The van der Waals surface area contributed by atoms with Crippen LogP contribution in [0.3, 0.4) is 0 Å². The van der Waals surface area contributed by atoms with Crippen molar-refractivity contribution in [1.82, 2.24) is 0 Å². The third-order valence-corrected chi connectivity index (χ3v) is 6.81. The first kappa shape index (κ1) is 37.5. The first-order chi connectivity index (χ1) is 20.3. The van der Waals surface area contributed by atoms with Crippen LogP contribution in [-0.2, 0) is 34.9 Å². The number of hydrogen-bond acceptors (Lipinski definition) is 12. The van der Waals surface area contributed by atoms with E-state index in [0.717, 1.165) is 19.3 Å². The summed E-state index contributed by atoms with van der Waals surface area (Å²) in [6, 6.07) is 4.34. The van der Waals surface area contributed by atoms with Crippen molar-refractivity contribution in [2.45, 2.75) is 105 Å². The zero-order chi connectivity index (χ0) is 32.6. The standard InChI is InChI=1S/C31H49NO11/c1-9-12-22(6)40-30(36)41-23(7)16-31(32,27(33)37-8)17-24-13-14-25(42-28(34)38-18-20(4)10-2)26(15-24)43-29(35)39-19-21(5)11-3/h13-15,20-23H,9-12,16-19,32H2,1-8H3/t20?,21?,22-,23-,31?/m0/s1. The summed E-state index contributed by atoms with van der Waals surface area (Å²) >= 11 is 0. The van der Waals surface area contributed by atoms with E-state index in [-0.39, 0.29) is 55.5 Å². The maximum Gasteiger partial charge on any atom is 0.513 e. The zero-order valence-electron chi connectivity index (χ0n) is 26.8. The Bertz CT molecular complexity index is 1050. The lowest BCUT2D eigenvalue weighted by atomic mass is 9.86. The molecule has 0 aromatic heterocycles. The van der Waals surface area contributed by atoms with Crippen molar-refractivity contribution in [3.63, 3.8) is 0 Å². The molecule has 0 aliphatic carbocycles. The highest BCUT2D eigenvalue weighted by Gasteiger charge is 2.38. The van der Waals surface area contributed by atoms with E-state index in [1.54, 1.807) is 19.9 Å². The lowest BCUT2D eigenvalue weighted by Crippen LogP contribution is -2.53. The zero-order valence-corrected chi connectivity index (χ0v) is 26.8. The summed E-state index contributed by atoms with van der Waals surface area (Å²) in [5.74, 6) is -0.749. The van der Waals surface area contributed by atoms with Gasteiger partial charge in [-0.1, -0.05) is 59.9 Å². The highest BCUT2D eigenvalue weighted by atomic mass is 16.7. The minimum atomic E-state index is -1.64. The number of rotatable bonds is 17. The first-order valence-electron chi connectivity index (χ1n) is 14.8. The Labute approximate surface area is 254 Å². The molecule has 43 heavy (non-hydrogen) atoms. The number of esters is 1. The highest BCUT2D eigenvalue weighted by molar-refractivity contribution is 5.81. The molecule has 0 spiro atoms. The van der Waals surface area contributed by atoms with Crippen LogP contribution in [0.1, 0.15) is 86.1 Å². The van der Waals surface area contributed by atoms with Gasteiger partial charge in [0, 0.05) is 12.8 Å². The number of hydrogen-bond donors (Lipinski definition) is 1. The number of nitrogens with two attached hydrogens (primary N) is 1. The second-order valence-electron chi connectivity index (χ2n) is 11.1. The number of ether oxygens (including phenoxy) is 7. The molecule has 0 fully saturated rings. The summed E-state index contributed by atoms with van der Waals surface area (Å²) < 4.78 is 36.6. The average molecular weight is 612 g/mol. The Balaban J connectivity index is 3.19. The summed E-state index contributed by atoms with van der Waals surface area (Å²) in [7, 11) is 1.19. The highest BCUT2D eigenvalue weighted by Crippen LogP contribution is 2.32. The molecule has 0 saturated carbocycles. The Morgan fingerprint density at radius 2 is 1.33 bits per heavy atom. The molecule has 3 unspecified atom stereocenters. The molecule has 12 heteroatoms. The van der Waals surface area contributed by atoms with Crippen molar-refractivity contribution < 1.29 is 52.3 Å². The first-order valence-corrected chi connectivity index (χ1v) is 14.8. The van der Waals surface area contributed by atoms with Gasteiger partial charge in [-0.05, 0) is 49.8 Å². The molecule has 0 saturated heterocycles. The van der Waals surface area contributed by atoms with Crippen molar-refractivity contribution in [2.24, 2.45) is 17.6 Å². The summed E-state index contributed by atoms with van der Waals surface area (Å²) in [5.41, 5.74) is 5.30. The Morgan fingerprint density at radius 1 is 0.791 bits per heavy atom. The molecule has 244 valence electrons. The maximum atomic E-state index is 12.8. The molecule has 12 nitrogen and oxygen atoms in total. The summed E-state index contributed by atoms with van der Waals surface area (Å²) in [5, 5.41) is 0. The summed E-state index contributed by atoms with van der Waals surface area (Å²) in [6.07, 6.45) is -1.06. The van der Waals surface area contributed by atoms with Crippen LogP contribution in [0.5, 0.6) is 11.5 Å². The molecule has 5 atom stereocenters. The number of carbonyl (C=O) groups is 4. The quantitative estimate of drug-likeness (QED) is 0.118. The van der Waals surface area contributed by atoms with E-state index < -0.39 is 36.1 Å². The van der Waals surface area contributed by atoms with Gasteiger partial charge in [0.1, 0.15) is 17.7 Å². The predicted octanol–water partition coefficient (Wildman–Crippen LogP) is 6.34. The smallest absolute Gasteiger partial charge is 0.468 e. The number of carbonyl (C=O) groups excluding carboxylic acids is 4. The topological polar surface area (TPSA) is 159 Å².